The van der Waals surface area contributed by atoms with Gasteiger partial charge in [0, 0.05) is 7.11 Å². The molecule has 0 unspecified atom stereocenters. The zero-order valence-electron chi connectivity index (χ0n) is 12.4. The third-order valence-electron chi connectivity index (χ3n) is 4.44. The average Bonchev–Trinajstić information content (AvgIpc) is 2.49. The molecule has 1 aliphatic carbocycles. The highest BCUT2D eigenvalue weighted by molar-refractivity contribution is 5.25. The molecule has 1 aliphatic rings. The van der Waals surface area contributed by atoms with Crippen LogP contribution in [0.15, 0.2) is 36.7 Å². The standard InChI is InChI=1S/C18H25FO/c1-20-14-16-7-11-18(12-8-16)17-9-5-15(6-10-17)4-2-3-13-19/h3,7-8,11-13,15,17H,2,4-6,9-10,14H2,1H3/t15-,17-. The predicted octanol–water partition coefficient (Wildman–Crippen LogP) is 5.37. The lowest BCUT2D eigenvalue weighted by molar-refractivity contribution is 0.185. The lowest BCUT2D eigenvalue weighted by atomic mass is 9.77. The van der Waals surface area contributed by atoms with Crippen molar-refractivity contribution in [1.29, 1.82) is 0 Å². The highest BCUT2D eigenvalue weighted by Crippen LogP contribution is 2.37. The second kappa shape index (κ2) is 8.21. The Kier molecular flexibility index (Phi) is 6.25. The molecule has 2 rings (SSSR count). The van der Waals surface area contributed by atoms with Gasteiger partial charge in [0.05, 0.1) is 12.9 Å². The normalized spacial score (nSPS) is 23.3. The monoisotopic (exact) mass is 276 g/mol. The molecule has 0 bridgehead atoms. The summed E-state index contributed by atoms with van der Waals surface area (Å²) in [5, 5.41) is 0. The van der Waals surface area contributed by atoms with Crippen LogP contribution in [0.25, 0.3) is 0 Å². The van der Waals surface area contributed by atoms with Gasteiger partial charge in [0.2, 0.25) is 0 Å². The van der Waals surface area contributed by atoms with Gasteiger partial charge in [-0.25, -0.2) is 4.39 Å². The molecule has 1 fully saturated rings. The summed E-state index contributed by atoms with van der Waals surface area (Å²) in [6.45, 7) is 0.690. The number of hydrogen-bond donors (Lipinski definition) is 0. The summed E-state index contributed by atoms with van der Waals surface area (Å²) in [6, 6.07) is 8.87. The number of benzene rings is 1. The minimum absolute atomic E-state index is 0.674. The van der Waals surface area contributed by atoms with Gasteiger partial charge in [0.1, 0.15) is 0 Å². The number of halogens is 1. The van der Waals surface area contributed by atoms with Crippen LogP contribution >= 0.6 is 0 Å². The van der Waals surface area contributed by atoms with Crippen LogP contribution < -0.4 is 0 Å². The molecule has 1 aromatic carbocycles. The Morgan fingerprint density at radius 2 is 1.85 bits per heavy atom. The first kappa shape index (κ1) is 15.2. The van der Waals surface area contributed by atoms with E-state index >= 15 is 0 Å². The Hall–Kier alpha value is -1.15. The van der Waals surface area contributed by atoms with Gasteiger partial charge in [-0.1, -0.05) is 30.3 Å². The topological polar surface area (TPSA) is 9.23 Å². The fourth-order valence-electron chi connectivity index (χ4n) is 3.23. The molecular weight excluding hydrogens is 251 g/mol. The number of methoxy groups -OCH3 is 1. The Bertz CT molecular complexity index is 402. The van der Waals surface area contributed by atoms with Crippen LogP contribution in [0.3, 0.4) is 0 Å². The molecule has 1 saturated carbocycles. The smallest absolute Gasteiger partial charge is 0.0827 e. The quantitative estimate of drug-likeness (QED) is 0.678. The summed E-state index contributed by atoms with van der Waals surface area (Å²) in [7, 11) is 1.73. The summed E-state index contributed by atoms with van der Waals surface area (Å²) >= 11 is 0. The highest BCUT2D eigenvalue weighted by atomic mass is 19.1. The summed E-state index contributed by atoms with van der Waals surface area (Å²) in [6.07, 6.45) is 9.45. The second-order valence-corrected chi connectivity index (χ2v) is 5.83. The third kappa shape index (κ3) is 4.45. The van der Waals surface area contributed by atoms with Crippen molar-refractivity contribution in [2.45, 2.75) is 51.0 Å². The molecule has 0 N–H and O–H groups in total. The first-order valence-electron chi connectivity index (χ1n) is 7.66. The maximum atomic E-state index is 11.9. The molecule has 0 radical (unpaired) electrons. The van der Waals surface area contributed by atoms with E-state index in [0.29, 0.717) is 18.9 Å². The van der Waals surface area contributed by atoms with Crippen molar-refractivity contribution in [2.24, 2.45) is 5.92 Å². The molecule has 1 aromatic rings. The Labute approximate surface area is 121 Å². The SMILES string of the molecule is COCc1ccc([C@H]2CC[C@H](CCC=CF)CC2)cc1. The van der Waals surface area contributed by atoms with Crippen molar-refractivity contribution >= 4 is 0 Å². The second-order valence-electron chi connectivity index (χ2n) is 5.83. The molecule has 0 spiro atoms. The van der Waals surface area contributed by atoms with E-state index < -0.39 is 0 Å². The molecule has 0 aromatic heterocycles. The zero-order chi connectivity index (χ0) is 14.2. The van der Waals surface area contributed by atoms with Crippen LogP contribution in [0.4, 0.5) is 4.39 Å². The largest absolute Gasteiger partial charge is 0.380 e. The first-order chi connectivity index (χ1) is 9.83. The van der Waals surface area contributed by atoms with Crippen LogP contribution in [0.5, 0.6) is 0 Å². The Morgan fingerprint density at radius 1 is 1.15 bits per heavy atom. The predicted molar refractivity (Wildman–Crippen MR) is 81.3 cm³/mol. The molecule has 0 aliphatic heterocycles. The van der Waals surface area contributed by atoms with E-state index in [9.17, 15) is 4.39 Å². The molecule has 0 heterocycles. The van der Waals surface area contributed by atoms with Gasteiger partial charge in [0.15, 0.2) is 0 Å². The number of allylic oxidation sites excluding steroid dienone is 1. The van der Waals surface area contributed by atoms with Gasteiger partial charge in [-0.3, -0.25) is 0 Å². The van der Waals surface area contributed by atoms with E-state index in [1.807, 2.05) is 0 Å². The van der Waals surface area contributed by atoms with Crippen molar-refractivity contribution in [3.63, 3.8) is 0 Å². The van der Waals surface area contributed by atoms with Crippen molar-refractivity contribution in [2.75, 3.05) is 7.11 Å². The minimum atomic E-state index is 0.674. The van der Waals surface area contributed by atoms with Crippen LogP contribution in [0.2, 0.25) is 0 Å². The van der Waals surface area contributed by atoms with E-state index in [1.165, 1.54) is 36.8 Å². The summed E-state index contributed by atoms with van der Waals surface area (Å²) in [5.41, 5.74) is 2.70. The van der Waals surface area contributed by atoms with Gasteiger partial charge in [0.25, 0.3) is 0 Å². The van der Waals surface area contributed by atoms with E-state index in [1.54, 1.807) is 13.2 Å². The molecule has 1 nitrogen and oxygen atoms in total. The molecule has 0 atom stereocenters. The lowest BCUT2D eigenvalue weighted by Gasteiger charge is -2.28. The van der Waals surface area contributed by atoms with Crippen LogP contribution in [0, 0.1) is 5.92 Å². The fraction of sp³-hybridized carbons (Fsp3) is 0.556. The lowest BCUT2D eigenvalue weighted by Crippen LogP contribution is -2.13. The van der Waals surface area contributed by atoms with Gasteiger partial charge in [-0.2, -0.15) is 0 Å². The van der Waals surface area contributed by atoms with Crippen LogP contribution in [-0.4, -0.2) is 7.11 Å². The van der Waals surface area contributed by atoms with E-state index in [-0.39, 0.29) is 0 Å². The van der Waals surface area contributed by atoms with E-state index in [2.05, 4.69) is 24.3 Å². The average molecular weight is 276 g/mol. The van der Waals surface area contributed by atoms with Gasteiger partial charge in [-0.15, -0.1) is 0 Å². The van der Waals surface area contributed by atoms with E-state index in [4.69, 9.17) is 4.74 Å². The number of hydrogen-bond acceptors (Lipinski definition) is 1. The molecule has 0 saturated heterocycles. The van der Waals surface area contributed by atoms with Crippen molar-refractivity contribution < 1.29 is 9.13 Å². The highest BCUT2D eigenvalue weighted by Gasteiger charge is 2.21. The van der Waals surface area contributed by atoms with Gasteiger partial charge in [-0.05, 0) is 61.5 Å². The molecule has 0 amide bonds. The van der Waals surface area contributed by atoms with Crippen molar-refractivity contribution in [1.82, 2.24) is 0 Å². The summed E-state index contributed by atoms with van der Waals surface area (Å²) in [5.74, 6) is 1.50. The fourth-order valence-corrected chi connectivity index (χ4v) is 3.23. The van der Waals surface area contributed by atoms with Crippen LogP contribution in [-0.2, 0) is 11.3 Å². The first-order valence-corrected chi connectivity index (χ1v) is 7.66. The number of rotatable bonds is 6. The molecular formula is C18H25FO. The maximum Gasteiger partial charge on any atom is 0.0827 e. The summed E-state index contributed by atoms with van der Waals surface area (Å²) < 4.78 is 17.1. The van der Waals surface area contributed by atoms with Crippen molar-refractivity contribution in [3.05, 3.63) is 47.8 Å². The Balaban J connectivity index is 1.80. The molecule has 20 heavy (non-hydrogen) atoms. The van der Waals surface area contributed by atoms with Crippen LogP contribution in [0.1, 0.15) is 55.6 Å². The van der Waals surface area contributed by atoms with E-state index in [0.717, 1.165) is 18.8 Å². The van der Waals surface area contributed by atoms with Crippen molar-refractivity contribution in [3.8, 4) is 0 Å². The Morgan fingerprint density at radius 3 is 2.45 bits per heavy atom. The minimum Gasteiger partial charge on any atom is -0.380 e. The van der Waals surface area contributed by atoms with Gasteiger partial charge < -0.3 is 4.74 Å². The maximum absolute atomic E-state index is 11.9. The third-order valence-corrected chi connectivity index (χ3v) is 4.44. The van der Waals surface area contributed by atoms with Gasteiger partial charge >= 0.3 is 0 Å². The zero-order valence-corrected chi connectivity index (χ0v) is 12.4. The molecule has 2 heteroatoms. The number of ether oxygens (including phenoxy) is 1. The summed E-state index contributed by atoms with van der Waals surface area (Å²) in [4.78, 5) is 0. The molecule has 110 valence electrons.